The van der Waals surface area contributed by atoms with Crippen molar-refractivity contribution in [1.82, 2.24) is 20.0 Å². The van der Waals surface area contributed by atoms with Crippen molar-refractivity contribution in [2.24, 2.45) is 10.9 Å². The lowest BCUT2D eigenvalue weighted by Crippen LogP contribution is -2.40. The molecule has 0 amide bonds. The first-order valence-electron chi connectivity index (χ1n) is 11.6. The van der Waals surface area contributed by atoms with Gasteiger partial charge in [0.1, 0.15) is 5.76 Å². The Morgan fingerprint density at radius 2 is 1.88 bits per heavy atom. The fourth-order valence-corrected chi connectivity index (χ4v) is 4.43. The highest BCUT2D eigenvalue weighted by Crippen LogP contribution is 2.18. The average Bonchev–Trinajstić information content (AvgIpc) is 3.46. The second-order valence-corrected chi connectivity index (χ2v) is 8.51. The van der Waals surface area contributed by atoms with E-state index >= 15 is 0 Å². The number of nitrogens with zero attached hydrogens (tertiary/aromatic N) is 4. The standard InChI is InChI=1S/C25H39N5O.HI/c1-5-29(6-2)17-21-13-14-30(18-21)25(26-3)27-16-22-10-7-8-11-23(22)19-28(4)20-24-12-9-15-31-24;/h7-12,15,21H,5-6,13-14,16-20H2,1-4H3,(H,26,27);1H. The van der Waals surface area contributed by atoms with E-state index in [-0.39, 0.29) is 24.0 Å². The van der Waals surface area contributed by atoms with Crippen LogP contribution in [0.1, 0.15) is 37.2 Å². The van der Waals surface area contributed by atoms with E-state index in [0.717, 1.165) is 63.5 Å². The van der Waals surface area contributed by atoms with Crippen LogP contribution in [0.3, 0.4) is 0 Å². The Balaban J connectivity index is 0.00000363. The summed E-state index contributed by atoms with van der Waals surface area (Å²) in [7, 11) is 4.02. The van der Waals surface area contributed by atoms with Crippen LogP contribution in [0.15, 0.2) is 52.1 Å². The van der Waals surface area contributed by atoms with Crippen molar-refractivity contribution in [2.45, 2.75) is 39.9 Å². The summed E-state index contributed by atoms with van der Waals surface area (Å²) in [4.78, 5) is 11.8. The number of aliphatic imine (C=N–C) groups is 1. The van der Waals surface area contributed by atoms with E-state index in [9.17, 15) is 0 Å². The Hall–Kier alpha value is -1.58. The molecule has 6 nitrogen and oxygen atoms in total. The molecule has 2 heterocycles. The molecule has 0 saturated carbocycles. The van der Waals surface area contributed by atoms with Crippen molar-refractivity contribution in [3.8, 4) is 0 Å². The van der Waals surface area contributed by atoms with Crippen LogP contribution >= 0.6 is 24.0 Å². The minimum Gasteiger partial charge on any atom is -0.468 e. The largest absolute Gasteiger partial charge is 0.468 e. The van der Waals surface area contributed by atoms with Crippen molar-refractivity contribution in [3.63, 3.8) is 0 Å². The molecule has 1 aliphatic rings. The predicted molar refractivity (Wildman–Crippen MR) is 143 cm³/mol. The lowest BCUT2D eigenvalue weighted by Gasteiger charge is -2.25. The first kappa shape index (κ1) is 26.7. The number of likely N-dealkylation sites (tertiary alicyclic amines) is 1. The zero-order valence-corrected chi connectivity index (χ0v) is 22.4. The molecule has 1 aromatic carbocycles. The summed E-state index contributed by atoms with van der Waals surface area (Å²) in [6.45, 7) is 12.6. The molecule has 1 unspecified atom stereocenters. The number of rotatable bonds is 10. The van der Waals surface area contributed by atoms with Gasteiger partial charge in [-0.1, -0.05) is 38.1 Å². The molecule has 1 aliphatic heterocycles. The maximum absolute atomic E-state index is 5.49. The van der Waals surface area contributed by atoms with Gasteiger partial charge in [0, 0.05) is 39.8 Å². The first-order valence-corrected chi connectivity index (χ1v) is 11.6. The summed E-state index contributed by atoms with van der Waals surface area (Å²) in [6.07, 6.45) is 2.98. The van der Waals surface area contributed by atoms with Gasteiger partial charge in [-0.15, -0.1) is 24.0 Å². The zero-order chi connectivity index (χ0) is 22.1. The lowest BCUT2D eigenvalue weighted by atomic mass is 10.1. The van der Waals surface area contributed by atoms with E-state index in [2.05, 4.69) is 70.2 Å². The highest BCUT2D eigenvalue weighted by Gasteiger charge is 2.26. The van der Waals surface area contributed by atoms with E-state index in [1.807, 2.05) is 19.2 Å². The van der Waals surface area contributed by atoms with E-state index in [0.29, 0.717) is 0 Å². The molecule has 1 atom stereocenters. The van der Waals surface area contributed by atoms with Gasteiger partial charge in [0.05, 0.1) is 12.8 Å². The maximum atomic E-state index is 5.49. The predicted octanol–water partition coefficient (Wildman–Crippen LogP) is 4.27. The summed E-state index contributed by atoms with van der Waals surface area (Å²) < 4.78 is 5.49. The smallest absolute Gasteiger partial charge is 0.193 e. The highest BCUT2D eigenvalue weighted by molar-refractivity contribution is 14.0. The van der Waals surface area contributed by atoms with E-state index in [4.69, 9.17) is 4.42 Å². The van der Waals surface area contributed by atoms with Crippen molar-refractivity contribution in [1.29, 1.82) is 0 Å². The van der Waals surface area contributed by atoms with E-state index in [1.54, 1.807) is 6.26 Å². The molecule has 2 aromatic rings. The number of hydrogen-bond acceptors (Lipinski definition) is 4. The number of furan rings is 1. The van der Waals surface area contributed by atoms with Crippen LogP contribution < -0.4 is 5.32 Å². The topological polar surface area (TPSA) is 47.2 Å². The molecular weight excluding hydrogens is 513 g/mol. The monoisotopic (exact) mass is 553 g/mol. The zero-order valence-electron chi connectivity index (χ0n) is 20.1. The fourth-order valence-electron chi connectivity index (χ4n) is 4.43. The van der Waals surface area contributed by atoms with Gasteiger partial charge in [-0.2, -0.15) is 0 Å². The molecule has 178 valence electrons. The third kappa shape index (κ3) is 7.78. The van der Waals surface area contributed by atoms with Crippen LogP contribution in [-0.2, 0) is 19.6 Å². The van der Waals surface area contributed by atoms with Gasteiger partial charge in [-0.3, -0.25) is 9.89 Å². The lowest BCUT2D eigenvalue weighted by molar-refractivity contribution is 0.255. The molecule has 0 spiro atoms. The van der Waals surface area contributed by atoms with Crippen molar-refractivity contribution in [2.75, 3.05) is 46.8 Å². The normalized spacial score (nSPS) is 16.6. The second-order valence-electron chi connectivity index (χ2n) is 8.51. The van der Waals surface area contributed by atoms with Crippen LogP contribution in [0.4, 0.5) is 0 Å². The molecule has 1 fully saturated rings. The fraction of sp³-hybridized carbons (Fsp3) is 0.560. The molecule has 1 aromatic heterocycles. The SMILES string of the molecule is CCN(CC)CC1CCN(C(=NC)NCc2ccccc2CN(C)Cc2ccco2)C1.I. The van der Waals surface area contributed by atoms with Gasteiger partial charge in [-0.05, 0) is 55.7 Å². The van der Waals surface area contributed by atoms with Crippen LogP contribution in [0.25, 0.3) is 0 Å². The van der Waals surface area contributed by atoms with Crippen LogP contribution in [-0.4, -0.2) is 67.5 Å². The van der Waals surface area contributed by atoms with Gasteiger partial charge in [0.15, 0.2) is 5.96 Å². The summed E-state index contributed by atoms with van der Waals surface area (Å²) in [5.74, 6) is 2.73. The van der Waals surface area contributed by atoms with Crippen molar-refractivity contribution >= 4 is 29.9 Å². The Labute approximate surface area is 211 Å². The molecule has 32 heavy (non-hydrogen) atoms. The number of guanidine groups is 1. The average molecular weight is 554 g/mol. The molecule has 3 rings (SSSR count). The van der Waals surface area contributed by atoms with E-state index in [1.165, 1.54) is 24.1 Å². The summed E-state index contributed by atoms with van der Waals surface area (Å²) in [5.41, 5.74) is 2.65. The van der Waals surface area contributed by atoms with Crippen LogP contribution in [0.5, 0.6) is 0 Å². The van der Waals surface area contributed by atoms with Gasteiger partial charge in [0.2, 0.25) is 0 Å². The highest BCUT2D eigenvalue weighted by atomic mass is 127. The van der Waals surface area contributed by atoms with Crippen molar-refractivity contribution in [3.05, 3.63) is 59.5 Å². The molecule has 7 heteroatoms. The van der Waals surface area contributed by atoms with Gasteiger partial charge in [-0.25, -0.2) is 0 Å². The Morgan fingerprint density at radius 1 is 1.12 bits per heavy atom. The number of halogens is 1. The maximum Gasteiger partial charge on any atom is 0.193 e. The van der Waals surface area contributed by atoms with Crippen LogP contribution in [0.2, 0.25) is 0 Å². The minimum absolute atomic E-state index is 0. The summed E-state index contributed by atoms with van der Waals surface area (Å²) in [5, 5.41) is 3.61. The van der Waals surface area contributed by atoms with E-state index < -0.39 is 0 Å². The number of hydrogen-bond donors (Lipinski definition) is 1. The summed E-state index contributed by atoms with van der Waals surface area (Å²) >= 11 is 0. The third-order valence-electron chi connectivity index (χ3n) is 6.21. The van der Waals surface area contributed by atoms with Gasteiger partial charge in [0.25, 0.3) is 0 Å². The minimum atomic E-state index is 0. The Kier molecular flexibility index (Phi) is 11.5. The molecule has 0 aliphatic carbocycles. The van der Waals surface area contributed by atoms with Crippen LogP contribution in [0, 0.1) is 5.92 Å². The third-order valence-corrected chi connectivity index (χ3v) is 6.21. The van der Waals surface area contributed by atoms with Gasteiger partial charge < -0.3 is 19.5 Å². The molecular formula is C25H40IN5O. The molecule has 0 bridgehead atoms. The molecule has 1 N–H and O–H groups in total. The number of benzene rings is 1. The summed E-state index contributed by atoms with van der Waals surface area (Å²) in [6, 6.07) is 12.6. The Morgan fingerprint density at radius 3 is 2.53 bits per heavy atom. The quantitative estimate of drug-likeness (QED) is 0.271. The Bertz CT molecular complexity index is 806. The number of nitrogens with one attached hydrogen (secondary N) is 1. The van der Waals surface area contributed by atoms with Gasteiger partial charge >= 0.3 is 0 Å². The van der Waals surface area contributed by atoms with Crippen molar-refractivity contribution < 1.29 is 4.42 Å². The first-order chi connectivity index (χ1) is 15.1. The molecule has 1 saturated heterocycles. The molecule has 0 radical (unpaired) electrons. The second kappa shape index (κ2) is 13.9.